The molecule has 31 heavy (non-hydrogen) atoms. The van der Waals surface area contributed by atoms with Crippen molar-refractivity contribution in [1.82, 2.24) is 14.8 Å². The Hall–Kier alpha value is -1.73. The van der Waals surface area contributed by atoms with Crippen LogP contribution in [0.2, 0.25) is 0 Å². The van der Waals surface area contributed by atoms with Crippen LogP contribution in [-0.4, -0.2) is 45.0 Å². The van der Waals surface area contributed by atoms with Gasteiger partial charge in [0.2, 0.25) is 3.79 Å². The number of alkyl halides is 3. The van der Waals surface area contributed by atoms with E-state index in [0.29, 0.717) is 25.4 Å². The highest BCUT2D eigenvalue weighted by Crippen LogP contribution is 2.39. The first kappa shape index (κ1) is 22.5. The molecule has 6 nitrogen and oxygen atoms in total. The Bertz CT molecular complexity index is 1020. The van der Waals surface area contributed by atoms with E-state index in [2.05, 4.69) is 5.32 Å². The number of carbonyl (C=O) groups is 1. The zero-order chi connectivity index (χ0) is 22.2. The van der Waals surface area contributed by atoms with Crippen molar-refractivity contribution >= 4 is 40.7 Å². The van der Waals surface area contributed by atoms with Gasteiger partial charge in [0.1, 0.15) is 11.9 Å². The quantitative estimate of drug-likeness (QED) is 0.660. The van der Waals surface area contributed by atoms with Gasteiger partial charge in [-0.1, -0.05) is 59.1 Å². The Kier molecular flexibility index (Phi) is 6.54. The number of likely N-dealkylation sites (tertiary alicyclic amines) is 1. The van der Waals surface area contributed by atoms with Crippen LogP contribution >= 0.6 is 34.8 Å². The van der Waals surface area contributed by atoms with Crippen LogP contribution in [0.5, 0.6) is 5.75 Å². The van der Waals surface area contributed by atoms with Crippen LogP contribution in [0.1, 0.15) is 23.6 Å². The highest BCUT2D eigenvalue weighted by Gasteiger charge is 2.44. The van der Waals surface area contributed by atoms with Gasteiger partial charge in [-0.2, -0.15) is 0 Å². The van der Waals surface area contributed by atoms with Crippen molar-refractivity contribution in [2.24, 2.45) is 5.92 Å². The molecule has 0 aliphatic carbocycles. The number of rotatable bonds is 5. The molecule has 9 heteroatoms. The van der Waals surface area contributed by atoms with Crippen molar-refractivity contribution in [3.05, 3.63) is 64.1 Å². The molecule has 1 fully saturated rings. The molecule has 3 heterocycles. The van der Waals surface area contributed by atoms with Crippen LogP contribution in [0, 0.1) is 12.8 Å². The summed E-state index contributed by atoms with van der Waals surface area (Å²) < 4.78 is 5.76. The van der Waals surface area contributed by atoms with E-state index in [1.54, 1.807) is 18.2 Å². The number of piperidine rings is 1. The summed E-state index contributed by atoms with van der Waals surface area (Å²) in [5, 5.41) is 2.84. The first-order valence-corrected chi connectivity index (χ1v) is 11.3. The minimum atomic E-state index is -1.72. The highest BCUT2D eigenvalue weighted by atomic mass is 35.6. The monoisotopic (exact) mass is 483 g/mol. The summed E-state index contributed by atoms with van der Waals surface area (Å²) in [6, 6.07) is 12.8. The van der Waals surface area contributed by atoms with E-state index in [1.807, 2.05) is 40.7 Å². The summed E-state index contributed by atoms with van der Waals surface area (Å²) in [6.07, 6.45) is 0.161. The lowest BCUT2D eigenvalue weighted by molar-refractivity contribution is -0.125. The Morgan fingerprint density at radius 2 is 1.94 bits per heavy atom. The molecular weight excluding hydrogens is 461 g/mol. The fraction of sp³-hybridized carbons (Fsp3) is 0.455. The zero-order valence-electron chi connectivity index (χ0n) is 17.1. The van der Waals surface area contributed by atoms with Gasteiger partial charge in [0.05, 0.1) is 0 Å². The van der Waals surface area contributed by atoms with Crippen LogP contribution in [0.25, 0.3) is 0 Å². The fourth-order valence-electron chi connectivity index (χ4n) is 4.58. The number of pyridine rings is 1. The Morgan fingerprint density at radius 1 is 1.16 bits per heavy atom. The first-order chi connectivity index (χ1) is 14.7. The predicted molar refractivity (Wildman–Crippen MR) is 122 cm³/mol. The van der Waals surface area contributed by atoms with E-state index in [4.69, 9.17) is 39.5 Å². The second-order valence-electron chi connectivity index (χ2n) is 8.22. The molecule has 2 aliphatic heterocycles. The standard InChI is InChI=1S/C22H24Cl3N3O3/c1-14-5-2-3-7-18(14)31-13-19(29)26-21(22(23,24)25)27-10-15-9-16(12-27)17-6-4-8-20(30)28(17)11-15/h2-8,15-16,21H,9-13H2,1H3,(H,26,29). The molecule has 2 aliphatic rings. The summed E-state index contributed by atoms with van der Waals surface area (Å²) in [5.41, 5.74) is 1.94. The molecule has 2 bridgehead atoms. The number of hydrogen-bond acceptors (Lipinski definition) is 4. The van der Waals surface area contributed by atoms with Gasteiger partial charge in [-0.15, -0.1) is 0 Å². The van der Waals surface area contributed by atoms with Crippen LogP contribution in [0.15, 0.2) is 47.3 Å². The van der Waals surface area contributed by atoms with E-state index in [0.717, 1.165) is 17.7 Å². The maximum atomic E-state index is 12.6. The van der Waals surface area contributed by atoms with Crippen molar-refractivity contribution in [2.45, 2.75) is 35.8 Å². The van der Waals surface area contributed by atoms with Crippen molar-refractivity contribution in [2.75, 3.05) is 19.7 Å². The lowest BCUT2D eigenvalue weighted by Crippen LogP contribution is -2.60. The van der Waals surface area contributed by atoms with E-state index < -0.39 is 9.96 Å². The number of nitrogens with zero attached hydrogens (tertiary/aromatic N) is 2. The number of hydrogen-bond donors (Lipinski definition) is 1. The molecule has 3 atom stereocenters. The molecule has 2 aromatic rings. The molecule has 1 amide bonds. The van der Waals surface area contributed by atoms with Crippen LogP contribution in [0.3, 0.4) is 0 Å². The summed E-state index contributed by atoms with van der Waals surface area (Å²) in [4.78, 5) is 26.9. The number of fused-ring (bicyclic) bond motifs is 4. The second-order valence-corrected chi connectivity index (χ2v) is 10.6. The van der Waals surface area contributed by atoms with Gasteiger partial charge in [0.15, 0.2) is 6.61 Å². The number of carbonyl (C=O) groups excluding carboxylic acids is 1. The molecule has 1 saturated heterocycles. The third-order valence-electron chi connectivity index (χ3n) is 5.93. The average Bonchev–Trinajstić information content (AvgIpc) is 2.71. The molecule has 0 radical (unpaired) electrons. The van der Waals surface area contributed by atoms with E-state index in [1.165, 1.54) is 0 Å². The Balaban J connectivity index is 1.47. The second kappa shape index (κ2) is 9.02. The summed E-state index contributed by atoms with van der Waals surface area (Å²) in [6.45, 7) is 3.55. The lowest BCUT2D eigenvalue weighted by atomic mass is 9.83. The van der Waals surface area contributed by atoms with E-state index >= 15 is 0 Å². The van der Waals surface area contributed by atoms with E-state index in [9.17, 15) is 9.59 Å². The predicted octanol–water partition coefficient (Wildman–Crippen LogP) is 3.47. The van der Waals surface area contributed by atoms with Gasteiger partial charge >= 0.3 is 0 Å². The largest absolute Gasteiger partial charge is 0.484 e. The molecule has 1 aromatic heterocycles. The molecular formula is C22H24Cl3N3O3. The molecule has 0 saturated carbocycles. The average molecular weight is 485 g/mol. The molecule has 1 N–H and O–H groups in total. The van der Waals surface area contributed by atoms with Gasteiger partial charge in [-0.05, 0) is 37.0 Å². The molecule has 1 aromatic carbocycles. The maximum Gasteiger partial charge on any atom is 0.259 e. The number of benzene rings is 1. The van der Waals surface area contributed by atoms with Crippen molar-refractivity contribution < 1.29 is 9.53 Å². The summed E-state index contributed by atoms with van der Waals surface area (Å²) in [7, 11) is 0. The summed E-state index contributed by atoms with van der Waals surface area (Å²) in [5.74, 6) is 0.641. The topological polar surface area (TPSA) is 63.6 Å². The SMILES string of the molecule is Cc1ccccc1OCC(=O)NC(N1CC2CC(C1)c1cccc(=O)n1C2)C(Cl)(Cl)Cl. The number of amides is 1. The fourth-order valence-corrected chi connectivity index (χ4v) is 5.16. The van der Waals surface area contributed by atoms with Crippen molar-refractivity contribution in [3.8, 4) is 5.75 Å². The first-order valence-electron chi connectivity index (χ1n) is 10.2. The normalized spacial score (nSPS) is 21.8. The van der Waals surface area contributed by atoms with Crippen molar-refractivity contribution in [3.63, 3.8) is 0 Å². The number of nitrogens with one attached hydrogen (secondary N) is 1. The Morgan fingerprint density at radius 3 is 2.68 bits per heavy atom. The van der Waals surface area contributed by atoms with Crippen molar-refractivity contribution in [1.29, 1.82) is 0 Å². The highest BCUT2D eigenvalue weighted by molar-refractivity contribution is 6.68. The smallest absolute Gasteiger partial charge is 0.259 e. The zero-order valence-corrected chi connectivity index (χ0v) is 19.3. The molecule has 4 rings (SSSR count). The minimum absolute atomic E-state index is 0.0141. The number of halogens is 3. The molecule has 166 valence electrons. The maximum absolute atomic E-state index is 12.6. The van der Waals surface area contributed by atoms with Gasteiger partial charge in [-0.3, -0.25) is 14.5 Å². The minimum Gasteiger partial charge on any atom is -0.484 e. The van der Waals surface area contributed by atoms with Gasteiger partial charge in [-0.25, -0.2) is 0 Å². The number of para-hydroxylation sites is 1. The third-order valence-corrected chi connectivity index (χ3v) is 6.55. The van der Waals surface area contributed by atoms with Gasteiger partial charge in [0.25, 0.3) is 11.5 Å². The molecule has 0 spiro atoms. The molecule has 3 unspecified atom stereocenters. The van der Waals surface area contributed by atoms with Gasteiger partial charge in [0, 0.05) is 37.3 Å². The lowest BCUT2D eigenvalue weighted by Gasteiger charge is -2.47. The van der Waals surface area contributed by atoms with Crippen LogP contribution in [0.4, 0.5) is 0 Å². The Labute approximate surface area is 196 Å². The van der Waals surface area contributed by atoms with E-state index in [-0.39, 0.29) is 29.9 Å². The van der Waals surface area contributed by atoms with Crippen LogP contribution < -0.4 is 15.6 Å². The van der Waals surface area contributed by atoms with Gasteiger partial charge < -0.3 is 14.6 Å². The number of ether oxygens (including phenoxy) is 1. The summed E-state index contributed by atoms with van der Waals surface area (Å²) >= 11 is 18.8. The number of aryl methyl sites for hydroxylation is 1. The van der Waals surface area contributed by atoms with Crippen LogP contribution in [-0.2, 0) is 11.3 Å². The number of aromatic nitrogens is 1. The third kappa shape index (κ3) is 5.03.